The Morgan fingerprint density at radius 2 is 1.94 bits per heavy atom. The van der Waals surface area contributed by atoms with E-state index < -0.39 is 0 Å². The van der Waals surface area contributed by atoms with Crippen LogP contribution in [-0.4, -0.2) is 18.5 Å². The van der Waals surface area contributed by atoms with Crippen LogP contribution in [0.4, 0.5) is 0 Å². The normalized spacial score (nSPS) is 14.5. The number of carbonyl (C=O) groups excluding carboxylic acids is 1. The molecular weight excluding hydrogens is 200 g/mol. The van der Waals surface area contributed by atoms with Gasteiger partial charge in [0.2, 0.25) is 5.91 Å². The molecule has 0 aliphatic carbocycles. The topological polar surface area (TPSA) is 55.1 Å². The van der Waals surface area contributed by atoms with E-state index in [0.717, 1.165) is 38.6 Å². The highest BCUT2D eigenvalue weighted by molar-refractivity contribution is 5.76. The molecule has 2 unspecified atom stereocenters. The molecule has 0 spiro atoms. The van der Waals surface area contributed by atoms with Crippen LogP contribution in [0.3, 0.4) is 0 Å². The first-order valence-electron chi connectivity index (χ1n) is 6.63. The van der Waals surface area contributed by atoms with Gasteiger partial charge in [-0.3, -0.25) is 4.79 Å². The van der Waals surface area contributed by atoms with Crippen molar-refractivity contribution in [3.63, 3.8) is 0 Å². The van der Waals surface area contributed by atoms with Crippen molar-refractivity contribution in [1.29, 1.82) is 0 Å². The molecule has 0 aromatic heterocycles. The van der Waals surface area contributed by atoms with E-state index in [1.165, 1.54) is 0 Å². The fourth-order valence-electron chi connectivity index (χ4n) is 1.98. The number of carbonyl (C=O) groups is 1. The van der Waals surface area contributed by atoms with Gasteiger partial charge in [-0.1, -0.05) is 26.7 Å². The summed E-state index contributed by atoms with van der Waals surface area (Å²) in [6.45, 7) is 7.10. The standard InChI is InChI=1S/C13H28N2O/c1-4-6-11(3)15-13(16)8-7-12(5-2)9-10-14/h11-12H,4-10,14H2,1-3H3,(H,15,16). The summed E-state index contributed by atoms with van der Waals surface area (Å²) in [4.78, 5) is 11.6. The molecule has 0 aliphatic heterocycles. The molecule has 3 heteroatoms. The molecule has 0 bridgehead atoms. The van der Waals surface area contributed by atoms with Gasteiger partial charge in [0.1, 0.15) is 0 Å². The van der Waals surface area contributed by atoms with E-state index in [0.29, 0.717) is 18.4 Å². The van der Waals surface area contributed by atoms with Crippen LogP contribution in [0.1, 0.15) is 59.3 Å². The van der Waals surface area contributed by atoms with Gasteiger partial charge < -0.3 is 11.1 Å². The highest BCUT2D eigenvalue weighted by Crippen LogP contribution is 2.14. The van der Waals surface area contributed by atoms with Crippen molar-refractivity contribution >= 4 is 5.91 Å². The van der Waals surface area contributed by atoms with Crippen LogP contribution in [0.25, 0.3) is 0 Å². The first-order valence-corrected chi connectivity index (χ1v) is 6.63. The van der Waals surface area contributed by atoms with Crippen molar-refractivity contribution in [3.05, 3.63) is 0 Å². The molecule has 0 saturated heterocycles. The van der Waals surface area contributed by atoms with Crippen LogP contribution >= 0.6 is 0 Å². The monoisotopic (exact) mass is 228 g/mol. The Morgan fingerprint density at radius 1 is 1.25 bits per heavy atom. The van der Waals surface area contributed by atoms with E-state index in [4.69, 9.17) is 5.73 Å². The Morgan fingerprint density at radius 3 is 2.44 bits per heavy atom. The molecule has 2 atom stereocenters. The molecule has 0 saturated carbocycles. The third-order valence-corrected chi connectivity index (χ3v) is 3.06. The minimum atomic E-state index is 0.191. The molecule has 3 N–H and O–H groups in total. The summed E-state index contributed by atoms with van der Waals surface area (Å²) in [5, 5.41) is 3.03. The maximum atomic E-state index is 11.6. The average molecular weight is 228 g/mol. The van der Waals surface area contributed by atoms with Crippen LogP contribution in [-0.2, 0) is 4.79 Å². The Hall–Kier alpha value is -0.570. The largest absolute Gasteiger partial charge is 0.354 e. The lowest BCUT2D eigenvalue weighted by molar-refractivity contribution is -0.122. The predicted octanol–water partition coefficient (Wildman–Crippen LogP) is 2.45. The maximum Gasteiger partial charge on any atom is 0.220 e. The Bertz CT molecular complexity index is 183. The van der Waals surface area contributed by atoms with Crippen molar-refractivity contribution in [2.45, 2.75) is 65.3 Å². The van der Waals surface area contributed by atoms with Crippen molar-refractivity contribution in [3.8, 4) is 0 Å². The second kappa shape index (κ2) is 9.64. The van der Waals surface area contributed by atoms with Gasteiger partial charge in [-0.05, 0) is 38.6 Å². The van der Waals surface area contributed by atoms with Gasteiger partial charge in [-0.15, -0.1) is 0 Å². The molecular formula is C13H28N2O. The Kier molecular flexibility index (Phi) is 9.30. The lowest BCUT2D eigenvalue weighted by Gasteiger charge is -2.15. The highest BCUT2D eigenvalue weighted by Gasteiger charge is 2.10. The second-order valence-electron chi connectivity index (χ2n) is 4.65. The number of rotatable bonds is 9. The number of nitrogens with two attached hydrogens (primary N) is 1. The molecule has 1 amide bonds. The summed E-state index contributed by atoms with van der Waals surface area (Å²) in [6.07, 6.45) is 5.95. The average Bonchev–Trinajstić information content (AvgIpc) is 2.24. The molecule has 0 rings (SSSR count). The maximum absolute atomic E-state index is 11.6. The number of hydrogen-bond donors (Lipinski definition) is 2. The molecule has 16 heavy (non-hydrogen) atoms. The van der Waals surface area contributed by atoms with Crippen molar-refractivity contribution < 1.29 is 4.79 Å². The van der Waals surface area contributed by atoms with E-state index >= 15 is 0 Å². The van der Waals surface area contributed by atoms with Crippen molar-refractivity contribution in [2.75, 3.05) is 6.54 Å². The van der Waals surface area contributed by atoms with E-state index in [-0.39, 0.29) is 5.91 Å². The van der Waals surface area contributed by atoms with Crippen LogP contribution < -0.4 is 11.1 Å². The van der Waals surface area contributed by atoms with Crippen molar-refractivity contribution in [2.24, 2.45) is 11.7 Å². The van der Waals surface area contributed by atoms with Crippen LogP contribution in [0.15, 0.2) is 0 Å². The predicted molar refractivity (Wildman–Crippen MR) is 69.2 cm³/mol. The summed E-state index contributed by atoms with van der Waals surface area (Å²) in [6, 6.07) is 0.312. The van der Waals surface area contributed by atoms with E-state index in [9.17, 15) is 4.79 Å². The summed E-state index contributed by atoms with van der Waals surface area (Å²) < 4.78 is 0. The van der Waals surface area contributed by atoms with Gasteiger partial charge in [0, 0.05) is 12.5 Å². The van der Waals surface area contributed by atoms with E-state index in [1.807, 2.05) is 0 Å². The molecule has 96 valence electrons. The molecule has 3 nitrogen and oxygen atoms in total. The Labute approximate surface area is 100 Å². The zero-order valence-corrected chi connectivity index (χ0v) is 11.1. The lowest BCUT2D eigenvalue weighted by atomic mass is 9.96. The molecule has 0 aliphatic rings. The quantitative estimate of drug-likeness (QED) is 0.637. The first-order chi connectivity index (χ1) is 7.63. The number of amides is 1. The third-order valence-electron chi connectivity index (χ3n) is 3.06. The summed E-state index contributed by atoms with van der Waals surface area (Å²) >= 11 is 0. The van der Waals surface area contributed by atoms with Crippen LogP contribution in [0, 0.1) is 5.92 Å². The minimum absolute atomic E-state index is 0.191. The number of nitrogens with one attached hydrogen (secondary N) is 1. The van der Waals surface area contributed by atoms with Gasteiger partial charge >= 0.3 is 0 Å². The van der Waals surface area contributed by atoms with Crippen molar-refractivity contribution in [1.82, 2.24) is 5.32 Å². The number of hydrogen-bond acceptors (Lipinski definition) is 2. The van der Waals surface area contributed by atoms with Gasteiger partial charge in [-0.2, -0.15) is 0 Å². The summed E-state index contributed by atoms with van der Waals surface area (Å²) in [7, 11) is 0. The zero-order chi connectivity index (χ0) is 12.4. The highest BCUT2D eigenvalue weighted by atomic mass is 16.1. The molecule has 0 heterocycles. The molecule has 0 radical (unpaired) electrons. The van der Waals surface area contributed by atoms with Gasteiger partial charge in [0.25, 0.3) is 0 Å². The summed E-state index contributed by atoms with van der Waals surface area (Å²) in [5.74, 6) is 0.800. The summed E-state index contributed by atoms with van der Waals surface area (Å²) in [5.41, 5.74) is 5.53. The molecule has 0 aromatic carbocycles. The first kappa shape index (κ1) is 15.4. The van der Waals surface area contributed by atoms with Gasteiger partial charge in [0.15, 0.2) is 0 Å². The molecule has 0 aromatic rings. The van der Waals surface area contributed by atoms with Crippen LogP contribution in [0.5, 0.6) is 0 Å². The van der Waals surface area contributed by atoms with Gasteiger partial charge in [-0.25, -0.2) is 0 Å². The van der Waals surface area contributed by atoms with E-state index in [1.54, 1.807) is 0 Å². The minimum Gasteiger partial charge on any atom is -0.354 e. The SMILES string of the molecule is CCCC(C)NC(=O)CCC(CC)CCN. The van der Waals surface area contributed by atoms with E-state index in [2.05, 4.69) is 26.1 Å². The zero-order valence-electron chi connectivity index (χ0n) is 11.1. The lowest BCUT2D eigenvalue weighted by Crippen LogP contribution is -2.32. The Balaban J connectivity index is 3.70. The molecule has 0 fully saturated rings. The third kappa shape index (κ3) is 7.69. The van der Waals surface area contributed by atoms with Crippen LogP contribution in [0.2, 0.25) is 0 Å². The van der Waals surface area contributed by atoms with Gasteiger partial charge in [0.05, 0.1) is 0 Å². The second-order valence-corrected chi connectivity index (χ2v) is 4.65. The fraction of sp³-hybridized carbons (Fsp3) is 0.923. The smallest absolute Gasteiger partial charge is 0.220 e. The fourth-order valence-corrected chi connectivity index (χ4v) is 1.98.